The van der Waals surface area contributed by atoms with E-state index in [1.165, 1.54) is 11.3 Å². The minimum absolute atomic E-state index is 0.216. The molecule has 1 aliphatic rings. The Kier molecular flexibility index (Phi) is 3.94. The van der Waals surface area contributed by atoms with Crippen molar-refractivity contribution in [3.8, 4) is 10.6 Å². The fourth-order valence-electron chi connectivity index (χ4n) is 2.20. The Hall–Kier alpha value is -2.21. The van der Waals surface area contributed by atoms with Crippen molar-refractivity contribution in [3.05, 3.63) is 40.9 Å². The van der Waals surface area contributed by atoms with Gasteiger partial charge in [-0.25, -0.2) is 14.6 Å². The summed E-state index contributed by atoms with van der Waals surface area (Å²) < 4.78 is 10.1. The zero-order valence-electron chi connectivity index (χ0n) is 12.2. The van der Waals surface area contributed by atoms with Crippen LogP contribution in [0.4, 0.5) is 0 Å². The average Bonchev–Trinajstić information content (AvgIpc) is 3.07. The summed E-state index contributed by atoms with van der Waals surface area (Å²) in [4.78, 5) is 27.8. The Morgan fingerprint density at radius 2 is 2.09 bits per heavy atom. The van der Waals surface area contributed by atoms with E-state index in [0.29, 0.717) is 6.42 Å². The molecule has 0 unspecified atom stereocenters. The zero-order valence-corrected chi connectivity index (χ0v) is 13.1. The predicted molar refractivity (Wildman–Crippen MR) is 81.7 cm³/mol. The van der Waals surface area contributed by atoms with Crippen molar-refractivity contribution in [3.63, 3.8) is 0 Å². The first kappa shape index (κ1) is 14.7. The summed E-state index contributed by atoms with van der Waals surface area (Å²) in [5, 5.41) is 2.38. The van der Waals surface area contributed by atoms with Crippen LogP contribution in [0.25, 0.3) is 10.6 Å². The molecule has 5 nitrogen and oxygen atoms in total. The van der Waals surface area contributed by atoms with Crippen LogP contribution in [0.3, 0.4) is 0 Å². The van der Waals surface area contributed by atoms with Gasteiger partial charge in [0.2, 0.25) is 6.10 Å². The molecule has 0 N–H and O–H groups in total. The lowest BCUT2D eigenvalue weighted by Crippen LogP contribution is -2.22. The van der Waals surface area contributed by atoms with Crippen LogP contribution in [0.5, 0.6) is 0 Å². The van der Waals surface area contributed by atoms with Gasteiger partial charge in [-0.1, -0.05) is 29.8 Å². The number of carbonyl (C=O) groups excluding carboxylic acids is 2. The largest absolute Gasteiger partial charge is 0.460 e. The molecule has 6 heteroatoms. The number of hydrogen-bond donors (Lipinski definition) is 0. The molecule has 3 rings (SSSR count). The molecule has 1 saturated heterocycles. The standard InChI is InChI=1S/C16H15NO4S/c1-9-3-5-11(6-4-9)14-17-12(8-22-14)15(18)21-13-7-10(2)20-16(13)19/h3-6,8,10,13H,7H2,1-2H3/t10-,13-/m1/s1. The molecule has 1 aliphatic heterocycles. The van der Waals surface area contributed by atoms with Crippen LogP contribution in [0.15, 0.2) is 29.6 Å². The Morgan fingerprint density at radius 1 is 1.36 bits per heavy atom. The van der Waals surface area contributed by atoms with Crippen molar-refractivity contribution in [1.82, 2.24) is 4.98 Å². The summed E-state index contributed by atoms with van der Waals surface area (Å²) in [6.45, 7) is 3.78. The minimum Gasteiger partial charge on any atom is -0.460 e. The smallest absolute Gasteiger partial charge is 0.358 e. The monoisotopic (exact) mass is 317 g/mol. The summed E-state index contributed by atoms with van der Waals surface area (Å²) in [6.07, 6.45) is -0.657. The highest BCUT2D eigenvalue weighted by molar-refractivity contribution is 7.13. The van der Waals surface area contributed by atoms with E-state index in [0.717, 1.165) is 16.1 Å². The third-order valence-corrected chi connectivity index (χ3v) is 4.28. The highest BCUT2D eigenvalue weighted by atomic mass is 32.1. The molecule has 2 heterocycles. The van der Waals surface area contributed by atoms with Gasteiger partial charge in [-0.2, -0.15) is 0 Å². The molecule has 0 bridgehead atoms. The lowest BCUT2D eigenvalue weighted by molar-refractivity contribution is -0.147. The summed E-state index contributed by atoms with van der Waals surface area (Å²) in [7, 11) is 0. The molecular weight excluding hydrogens is 302 g/mol. The summed E-state index contributed by atoms with van der Waals surface area (Å²) in [5.41, 5.74) is 2.32. The van der Waals surface area contributed by atoms with Gasteiger partial charge in [0.25, 0.3) is 0 Å². The number of ether oxygens (including phenoxy) is 2. The van der Waals surface area contributed by atoms with Gasteiger partial charge in [0, 0.05) is 17.4 Å². The zero-order chi connectivity index (χ0) is 15.7. The van der Waals surface area contributed by atoms with E-state index in [1.54, 1.807) is 12.3 Å². The summed E-state index contributed by atoms with van der Waals surface area (Å²) >= 11 is 1.37. The Bertz CT molecular complexity index is 707. The molecule has 0 spiro atoms. The van der Waals surface area contributed by atoms with E-state index in [2.05, 4.69) is 4.98 Å². The van der Waals surface area contributed by atoms with Crippen LogP contribution in [0, 0.1) is 6.92 Å². The number of carbonyl (C=O) groups is 2. The molecule has 0 aliphatic carbocycles. The summed E-state index contributed by atoms with van der Waals surface area (Å²) in [6, 6.07) is 7.90. The quantitative estimate of drug-likeness (QED) is 0.814. The molecule has 2 atom stereocenters. The third-order valence-electron chi connectivity index (χ3n) is 3.39. The van der Waals surface area contributed by atoms with E-state index in [1.807, 2.05) is 31.2 Å². The maximum Gasteiger partial charge on any atom is 0.358 e. The van der Waals surface area contributed by atoms with E-state index >= 15 is 0 Å². The number of cyclic esters (lactones) is 1. The average molecular weight is 317 g/mol. The molecule has 0 amide bonds. The van der Waals surface area contributed by atoms with Crippen molar-refractivity contribution in [2.24, 2.45) is 0 Å². The summed E-state index contributed by atoms with van der Waals surface area (Å²) in [5.74, 6) is -1.08. The second-order valence-corrected chi connectivity index (χ2v) is 6.14. The maximum absolute atomic E-state index is 12.1. The second kappa shape index (κ2) is 5.88. The van der Waals surface area contributed by atoms with Gasteiger partial charge in [0.1, 0.15) is 11.1 Å². The van der Waals surface area contributed by atoms with E-state index in [9.17, 15) is 9.59 Å². The number of aromatic nitrogens is 1. The molecule has 0 saturated carbocycles. The molecule has 1 aromatic heterocycles. The van der Waals surface area contributed by atoms with E-state index in [4.69, 9.17) is 9.47 Å². The highest BCUT2D eigenvalue weighted by Crippen LogP contribution is 2.25. The van der Waals surface area contributed by atoms with E-state index < -0.39 is 18.0 Å². The number of hydrogen-bond acceptors (Lipinski definition) is 6. The van der Waals surface area contributed by atoms with Crippen molar-refractivity contribution < 1.29 is 19.1 Å². The highest BCUT2D eigenvalue weighted by Gasteiger charge is 2.35. The second-order valence-electron chi connectivity index (χ2n) is 5.28. The Balaban J connectivity index is 1.72. The van der Waals surface area contributed by atoms with Gasteiger partial charge >= 0.3 is 11.9 Å². The SMILES string of the molecule is Cc1ccc(-c2nc(C(=O)O[C@@H]3C[C@@H](C)OC3=O)cs2)cc1. The van der Waals surface area contributed by atoms with Crippen molar-refractivity contribution in [2.75, 3.05) is 0 Å². The molecule has 1 fully saturated rings. The normalized spacial score (nSPS) is 20.7. The number of benzene rings is 1. The van der Waals surface area contributed by atoms with Gasteiger partial charge in [0.15, 0.2) is 5.69 Å². The van der Waals surface area contributed by atoms with E-state index in [-0.39, 0.29) is 11.8 Å². The van der Waals surface area contributed by atoms with Crippen molar-refractivity contribution in [1.29, 1.82) is 0 Å². The van der Waals surface area contributed by atoms with Crippen LogP contribution in [-0.4, -0.2) is 29.1 Å². The molecular formula is C16H15NO4S. The molecule has 1 aromatic carbocycles. The third kappa shape index (κ3) is 3.01. The number of rotatable bonds is 3. The van der Waals surface area contributed by atoms with Gasteiger partial charge in [0.05, 0.1) is 0 Å². The number of aryl methyl sites for hydroxylation is 1. The number of esters is 2. The van der Waals surface area contributed by atoms with Crippen LogP contribution in [-0.2, 0) is 14.3 Å². The maximum atomic E-state index is 12.1. The number of thiazole rings is 1. The first-order valence-corrected chi connectivity index (χ1v) is 7.85. The first-order valence-electron chi connectivity index (χ1n) is 6.97. The van der Waals surface area contributed by atoms with Crippen LogP contribution in [0.1, 0.15) is 29.4 Å². The van der Waals surface area contributed by atoms with Gasteiger partial charge in [-0.05, 0) is 13.8 Å². The predicted octanol–water partition coefficient (Wildman–Crippen LogP) is 2.98. The lowest BCUT2D eigenvalue weighted by Gasteiger charge is -2.06. The van der Waals surface area contributed by atoms with Crippen LogP contribution < -0.4 is 0 Å². The molecule has 114 valence electrons. The Labute approximate surface area is 131 Å². The Morgan fingerprint density at radius 3 is 2.73 bits per heavy atom. The lowest BCUT2D eigenvalue weighted by atomic mass is 10.2. The van der Waals surface area contributed by atoms with Gasteiger partial charge < -0.3 is 9.47 Å². The van der Waals surface area contributed by atoms with Gasteiger partial charge in [-0.3, -0.25) is 0 Å². The van der Waals surface area contributed by atoms with Crippen molar-refractivity contribution >= 4 is 23.3 Å². The molecule has 2 aromatic rings. The van der Waals surface area contributed by atoms with Crippen LogP contribution >= 0.6 is 11.3 Å². The van der Waals surface area contributed by atoms with Crippen molar-refractivity contribution in [2.45, 2.75) is 32.5 Å². The van der Waals surface area contributed by atoms with Crippen LogP contribution in [0.2, 0.25) is 0 Å². The minimum atomic E-state index is -0.827. The molecule has 22 heavy (non-hydrogen) atoms. The number of nitrogens with zero attached hydrogens (tertiary/aromatic N) is 1. The fraction of sp³-hybridized carbons (Fsp3) is 0.312. The fourth-order valence-corrected chi connectivity index (χ4v) is 3.00. The first-order chi connectivity index (χ1) is 10.5. The van der Waals surface area contributed by atoms with Gasteiger partial charge in [-0.15, -0.1) is 11.3 Å². The topological polar surface area (TPSA) is 65.5 Å². The molecule has 0 radical (unpaired) electrons.